The van der Waals surface area contributed by atoms with Gasteiger partial charge in [0.05, 0.1) is 34.4 Å². The SMILES string of the molecule is CC1(C(=O)[O-])C=Cc2cccc(O)c2N1.CC1(C(=O)[O-])C=Cc2cccc(O)c2N1.[Ga+2]. The molecule has 2 aromatic rings. The minimum absolute atomic E-state index is 0. The Labute approximate surface area is 192 Å². The molecule has 0 bridgehead atoms. The number of carbonyl (C=O) groups is 2. The topological polar surface area (TPSA) is 145 Å². The first-order valence-electron chi connectivity index (χ1n) is 9.07. The van der Waals surface area contributed by atoms with E-state index in [1.807, 2.05) is 0 Å². The summed E-state index contributed by atoms with van der Waals surface area (Å²) in [5.41, 5.74) is -0.182. The summed E-state index contributed by atoms with van der Waals surface area (Å²) in [5, 5.41) is 46.4. The van der Waals surface area contributed by atoms with Gasteiger partial charge in [0.2, 0.25) is 0 Å². The van der Waals surface area contributed by atoms with Gasteiger partial charge in [-0.2, -0.15) is 0 Å². The molecule has 1 radical (unpaired) electrons. The van der Waals surface area contributed by atoms with Crippen molar-refractivity contribution in [1.82, 2.24) is 0 Å². The smallest absolute Gasteiger partial charge is 0.547 e. The van der Waals surface area contributed by atoms with Crippen LogP contribution in [0.15, 0.2) is 48.6 Å². The molecule has 0 aliphatic carbocycles. The van der Waals surface area contributed by atoms with E-state index in [-0.39, 0.29) is 31.3 Å². The van der Waals surface area contributed by atoms with E-state index in [1.54, 1.807) is 36.4 Å². The number of anilines is 2. The average Bonchev–Trinajstić information content (AvgIpc) is 2.70. The molecule has 0 aromatic heterocycles. The number of rotatable bonds is 2. The van der Waals surface area contributed by atoms with Gasteiger partial charge in [-0.3, -0.25) is 0 Å². The van der Waals surface area contributed by atoms with Crippen molar-refractivity contribution >= 4 is 55.3 Å². The predicted molar refractivity (Wildman–Crippen MR) is 114 cm³/mol. The molecule has 2 atom stereocenters. The number of nitrogens with one attached hydrogen (secondary N) is 2. The molecule has 0 spiro atoms. The summed E-state index contributed by atoms with van der Waals surface area (Å²) in [6, 6.07) is 9.96. The van der Waals surface area contributed by atoms with Crippen molar-refractivity contribution in [3.8, 4) is 11.5 Å². The first-order valence-corrected chi connectivity index (χ1v) is 9.07. The van der Waals surface area contributed by atoms with Crippen molar-refractivity contribution in [3.05, 3.63) is 59.7 Å². The number of fused-ring (bicyclic) bond motifs is 2. The number of carboxylic acids is 2. The molecule has 9 heteroatoms. The molecule has 31 heavy (non-hydrogen) atoms. The van der Waals surface area contributed by atoms with Crippen molar-refractivity contribution in [1.29, 1.82) is 0 Å². The van der Waals surface area contributed by atoms with Gasteiger partial charge < -0.3 is 40.6 Å². The van der Waals surface area contributed by atoms with Crippen LogP contribution in [-0.4, -0.2) is 53.0 Å². The first kappa shape index (κ1) is 24.0. The number of phenols is 2. The molecule has 4 N–H and O–H groups in total. The third-order valence-corrected chi connectivity index (χ3v) is 4.96. The fourth-order valence-electron chi connectivity index (χ4n) is 3.02. The molecule has 2 unspecified atom stereocenters. The Hall–Kier alpha value is -3.30. The van der Waals surface area contributed by atoms with E-state index in [2.05, 4.69) is 10.6 Å². The summed E-state index contributed by atoms with van der Waals surface area (Å²) in [5.74, 6) is -2.39. The third kappa shape index (κ3) is 4.73. The monoisotopic (exact) mass is 477 g/mol. The molecule has 157 valence electrons. The molecule has 4 rings (SSSR count). The quantitative estimate of drug-likeness (QED) is 0.357. The maximum Gasteiger partial charge on any atom is 2.00 e. The molecule has 0 saturated carbocycles. The van der Waals surface area contributed by atoms with E-state index in [0.717, 1.165) is 11.1 Å². The Kier molecular flexibility index (Phi) is 6.82. The van der Waals surface area contributed by atoms with E-state index in [1.165, 1.54) is 38.1 Å². The molecule has 8 nitrogen and oxygen atoms in total. The largest absolute Gasteiger partial charge is 2.00 e. The van der Waals surface area contributed by atoms with Gasteiger partial charge in [0, 0.05) is 11.1 Å². The molecule has 2 aliphatic heterocycles. The van der Waals surface area contributed by atoms with Gasteiger partial charge in [0.25, 0.3) is 0 Å². The number of aromatic hydroxyl groups is 2. The summed E-state index contributed by atoms with van der Waals surface area (Å²) < 4.78 is 0. The van der Waals surface area contributed by atoms with Crippen LogP contribution in [0.2, 0.25) is 0 Å². The maximum absolute atomic E-state index is 10.9. The molecule has 2 aliphatic rings. The number of phenolic OH excluding ortho intramolecular Hbond substituents is 2. The second-order valence-corrected chi connectivity index (χ2v) is 7.38. The van der Waals surface area contributed by atoms with Gasteiger partial charge in [0.15, 0.2) is 0 Å². The van der Waals surface area contributed by atoms with Crippen LogP contribution in [0.3, 0.4) is 0 Å². The van der Waals surface area contributed by atoms with Crippen LogP contribution in [0.5, 0.6) is 11.5 Å². The Morgan fingerprint density at radius 3 is 1.45 bits per heavy atom. The van der Waals surface area contributed by atoms with Gasteiger partial charge >= 0.3 is 19.8 Å². The summed E-state index contributed by atoms with van der Waals surface area (Å²) in [6.07, 6.45) is 6.32. The number of aliphatic carboxylic acids is 2. The van der Waals surface area contributed by atoms with E-state index in [0.29, 0.717) is 11.4 Å². The van der Waals surface area contributed by atoms with Gasteiger partial charge in [0.1, 0.15) is 11.5 Å². The Morgan fingerprint density at radius 2 is 1.13 bits per heavy atom. The average molecular weight is 478 g/mol. The molecule has 2 heterocycles. The number of carbonyl (C=O) groups excluding carboxylic acids is 2. The van der Waals surface area contributed by atoms with Gasteiger partial charge in [-0.15, -0.1) is 0 Å². The maximum atomic E-state index is 10.9. The van der Waals surface area contributed by atoms with Crippen LogP contribution in [0.25, 0.3) is 12.2 Å². The minimum atomic E-state index is -1.27. The predicted octanol–water partition coefficient (Wildman–Crippen LogP) is 0.298. The number of para-hydroxylation sites is 2. The van der Waals surface area contributed by atoms with Crippen LogP contribution < -0.4 is 20.8 Å². The summed E-state index contributed by atoms with van der Waals surface area (Å²) in [7, 11) is 0. The van der Waals surface area contributed by atoms with E-state index >= 15 is 0 Å². The van der Waals surface area contributed by atoms with Crippen molar-refractivity contribution < 1.29 is 30.0 Å². The van der Waals surface area contributed by atoms with Crippen molar-refractivity contribution in [2.75, 3.05) is 10.6 Å². The molecule has 0 amide bonds. The zero-order valence-corrected chi connectivity index (χ0v) is 19.3. The number of hydrogen-bond donors (Lipinski definition) is 4. The number of benzene rings is 2. The van der Waals surface area contributed by atoms with Gasteiger partial charge in [-0.25, -0.2) is 0 Å². The van der Waals surface area contributed by atoms with Crippen molar-refractivity contribution in [2.24, 2.45) is 0 Å². The van der Waals surface area contributed by atoms with Crippen molar-refractivity contribution in [3.63, 3.8) is 0 Å². The van der Waals surface area contributed by atoms with Crippen LogP contribution in [0.4, 0.5) is 11.4 Å². The standard InChI is InChI=1S/2C11H11NO3.Ga/c2*1-11(10(14)15)6-5-7-3-2-4-8(13)9(7)12-11;/h2*2-6,12-13H,1H3,(H,14,15);/q;;+2/p-2. The molecular formula is C22H20GaN2O6. The summed E-state index contributed by atoms with van der Waals surface area (Å²) >= 11 is 0. The summed E-state index contributed by atoms with van der Waals surface area (Å²) in [6.45, 7) is 2.96. The Bertz CT molecular complexity index is 998. The molecule has 0 saturated heterocycles. The van der Waals surface area contributed by atoms with Crippen LogP contribution in [0.1, 0.15) is 25.0 Å². The minimum Gasteiger partial charge on any atom is -0.547 e. The van der Waals surface area contributed by atoms with Gasteiger partial charge in [-0.05, 0) is 26.0 Å². The summed E-state index contributed by atoms with van der Waals surface area (Å²) in [4.78, 5) is 21.8. The second-order valence-electron chi connectivity index (χ2n) is 7.38. The third-order valence-electron chi connectivity index (χ3n) is 4.96. The fourth-order valence-corrected chi connectivity index (χ4v) is 3.02. The molecule has 0 fully saturated rings. The van der Waals surface area contributed by atoms with E-state index < -0.39 is 23.0 Å². The Balaban J connectivity index is 0.000000213. The van der Waals surface area contributed by atoms with Crippen LogP contribution >= 0.6 is 0 Å². The van der Waals surface area contributed by atoms with Gasteiger partial charge in [-0.1, -0.05) is 48.6 Å². The second kappa shape index (κ2) is 8.82. The molecule has 2 aromatic carbocycles. The zero-order chi connectivity index (χ0) is 22.1. The van der Waals surface area contributed by atoms with E-state index in [4.69, 9.17) is 0 Å². The van der Waals surface area contributed by atoms with Crippen LogP contribution in [-0.2, 0) is 9.59 Å². The zero-order valence-electron chi connectivity index (χ0n) is 16.9. The van der Waals surface area contributed by atoms with E-state index in [9.17, 15) is 30.0 Å². The Morgan fingerprint density at radius 1 is 0.774 bits per heavy atom. The normalized spacial score (nSPS) is 22.3. The van der Waals surface area contributed by atoms with Crippen molar-refractivity contribution in [2.45, 2.75) is 24.9 Å². The number of hydrogen-bond acceptors (Lipinski definition) is 8. The van der Waals surface area contributed by atoms with Crippen LogP contribution in [0, 0.1) is 0 Å². The number of carboxylic acid groups (broad SMARTS) is 2. The first-order chi connectivity index (χ1) is 14.1. The molecular weight excluding hydrogens is 458 g/mol. The fraction of sp³-hybridized carbons (Fsp3) is 0.182.